The zero-order valence-electron chi connectivity index (χ0n) is 13.9. The van der Waals surface area contributed by atoms with Gasteiger partial charge in [0, 0.05) is 10.8 Å². The van der Waals surface area contributed by atoms with Crippen molar-refractivity contribution in [3.8, 4) is 5.75 Å². The van der Waals surface area contributed by atoms with Gasteiger partial charge in [0.05, 0.1) is 0 Å². The van der Waals surface area contributed by atoms with E-state index in [-0.39, 0.29) is 70.9 Å². The summed E-state index contributed by atoms with van der Waals surface area (Å²) in [5, 5.41) is 20.8. The fraction of sp³-hybridized carbons (Fsp3) is 0. The molecule has 6 nitrogen and oxygen atoms in total. The van der Waals surface area contributed by atoms with Crippen molar-refractivity contribution >= 4 is 91.9 Å². The van der Waals surface area contributed by atoms with E-state index >= 15 is 0 Å². The van der Waals surface area contributed by atoms with Crippen LogP contribution in [0.3, 0.4) is 0 Å². The van der Waals surface area contributed by atoms with Crippen LogP contribution < -0.4 is 0 Å². The van der Waals surface area contributed by atoms with Gasteiger partial charge in [-0.05, 0) is 22.9 Å². The van der Waals surface area contributed by atoms with Gasteiger partial charge in [0.25, 0.3) is 10.1 Å². The molecular formula is C20H16BaN2O4S. The molecule has 0 aromatic heterocycles. The molecule has 0 aliphatic carbocycles. The molecule has 0 bridgehead atoms. The first kappa shape index (κ1) is 21.0. The third-order valence-corrected chi connectivity index (χ3v) is 5.20. The van der Waals surface area contributed by atoms with E-state index < -0.39 is 10.1 Å². The molecule has 4 rings (SSSR count). The number of hydrogen-bond acceptors (Lipinski definition) is 5. The van der Waals surface area contributed by atoms with Crippen LogP contribution in [-0.4, -0.2) is 67.0 Å². The van der Waals surface area contributed by atoms with Crippen molar-refractivity contribution < 1.29 is 18.1 Å². The molecule has 0 spiro atoms. The van der Waals surface area contributed by atoms with E-state index in [2.05, 4.69) is 10.2 Å². The van der Waals surface area contributed by atoms with E-state index in [4.69, 9.17) is 0 Å². The third-order valence-electron chi connectivity index (χ3n) is 4.25. The summed E-state index contributed by atoms with van der Waals surface area (Å²) < 4.78 is 33.6. The SMILES string of the molecule is O=S(=O)(O)c1c(N=Nc2c(O)ccc3ccccc23)ccc2ccccc12.[BaH2]. The Bertz CT molecular complexity index is 1320. The molecule has 0 heterocycles. The number of fused-ring (bicyclic) bond motifs is 2. The van der Waals surface area contributed by atoms with E-state index in [0.29, 0.717) is 16.2 Å². The summed E-state index contributed by atoms with van der Waals surface area (Å²) in [6.45, 7) is 0. The van der Waals surface area contributed by atoms with Gasteiger partial charge in [-0.15, -0.1) is 10.2 Å². The van der Waals surface area contributed by atoms with Crippen molar-refractivity contribution in [1.29, 1.82) is 0 Å². The van der Waals surface area contributed by atoms with Gasteiger partial charge in [-0.25, -0.2) is 0 Å². The van der Waals surface area contributed by atoms with E-state index in [1.54, 1.807) is 48.5 Å². The van der Waals surface area contributed by atoms with Crippen molar-refractivity contribution in [1.82, 2.24) is 0 Å². The van der Waals surface area contributed by atoms with Gasteiger partial charge in [-0.3, -0.25) is 4.55 Å². The van der Waals surface area contributed by atoms with E-state index in [1.165, 1.54) is 12.1 Å². The Morgan fingerprint density at radius 1 is 0.714 bits per heavy atom. The Labute approximate surface area is 201 Å². The molecule has 8 heteroatoms. The summed E-state index contributed by atoms with van der Waals surface area (Å²) in [5.74, 6) is -0.0772. The van der Waals surface area contributed by atoms with E-state index in [1.807, 2.05) is 12.1 Å². The molecule has 0 atom stereocenters. The number of rotatable bonds is 3. The normalized spacial score (nSPS) is 11.8. The molecule has 0 fully saturated rings. The van der Waals surface area contributed by atoms with Gasteiger partial charge in [-0.2, -0.15) is 8.42 Å². The average molecular weight is 518 g/mol. The molecule has 0 radical (unpaired) electrons. The first-order valence-electron chi connectivity index (χ1n) is 8.07. The van der Waals surface area contributed by atoms with Crippen LogP contribution in [0.4, 0.5) is 11.4 Å². The summed E-state index contributed by atoms with van der Waals surface area (Å²) in [4.78, 5) is -0.316. The maximum absolute atomic E-state index is 12.0. The van der Waals surface area contributed by atoms with Crippen LogP contribution in [0.25, 0.3) is 21.5 Å². The summed E-state index contributed by atoms with van der Waals surface area (Å²) >= 11 is 0. The first-order valence-corrected chi connectivity index (χ1v) is 9.51. The summed E-state index contributed by atoms with van der Waals surface area (Å²) in [6.07, 6.45) is 0. The van der Waals surface area contributed by atoms with Crippen LogP contribution in [0.2, 0.25) is 0 Å². The Balaban J connectivity index is 0.00000225. The predicted octanol–water partition coefficient (Wildman–Crippen LogP) is 4.44. The number of benzene rings is 4. The number of azo groups is 1. The minimum atomic E-state index is -4.53. The third kappa shape index (κ3) is 4.01. The van der Waals surface area contributed by atoms with Gasteiger partial charge >= 0.3 is 48.9 Å². The van der Waals surface area contributed by atoms with Gasteiger partial charge in [0.2, 0.25) is 0 Å². The van der Waals surface area contributed by atoms with E-state index in [0.717, 1.165) is 5.39 Å². The quantitative estimate of drug-likeness (QED) is 0.238. The molecule has 4 aromatic carbocycles. The van der Waals surface area contributed by atoms with E-state index in [9.17, 15) is 18.1 Å². The summed E-state index contributed by atoms with van der Waals surface area (Å²) in [6, 6.07) is 20.5. The number of phenols is 1. The predicted molar refractivity (Wildman–Crippen MR) is 112 cm³/mol. The van der Waals surface area contributed by atoms with Gasteiger partial charge < -0.3 is 5.11 Å². The van der Waals surface area contributed by atoms with Gasteiger partial charge in [-0.1, -0.05) is 60.7 Å². The van der Waals surface area contributed by atoms with Crippen LogP contribution >= 0.6 is 0 Å². The van der Waals surface area contributed by atoms with Crippen molar-refractivity contribution in [2.75, 3.05) is 0 Å². The van der Waals surface area contributed by atoms with Gasteiger partial charge in [0.15, 0.2) is 0 Å². The average Bonchev–Trinajstić information content (AvgIpc) is 2.66. The van der Waals surface area contributed by atoms with Crippen molar-refractivity contribution in [3.05, 3.63) is 72.8 Å². The van der Waals surface area contributed by atoms with Crippen molar-refractivity contribution in [3.63, 3.8) is 0 Å². The Morgan fingerprint density at radius 3 is 1.96 bits per heavy atom. The molecule has 0 aliphatic rings. The molecule has 0 amide bonds. The molecule has 28 heavy (non-hydrogen) atoms. The fourth-order valence-electron chi connectivity index (χ4n) is 3.03. The summed E-state index contributed by atoms with van der Waals surface area (Å²) in [7, 11) is -4.53. The van der Waals surface area contributed by atoms with Crippen LogP contribution in [0.1, 0.15) is 0 Å². The number of phenolic OH excluding ortho intramolecular Hbond substituents is 1. The second-order valence-corrected chi connectivity index (χ2v) is 7.32. The molecule has 4 aromatic rings. The zero-order valence-corrected chi connectivity index (χ0v) is 14.8. The molecule has 138 valence electrons. The van der Waals surface area contributed by atoms with Crippen molar-refractivity contribution in [2.45, 2.75) is 4.90 Å². The number of nitrogens with zero attached hydrogens (tertiary/aromatic N) is 2. The van der Waals surface area contributed by atoms with Crippen LogP contribution in [-0.2, 0) is 10.1 Å². The molecule has 0 saturated carbocycles. The van der Waals surface area contributed by atoms with Crippen LogP contribution in [0, 0.1) is 0 Å². The second kappa shape index (κ2) is 8.34. The standard InChI is InChI=1S/C20H14N2O4S.Ba.2H/c23-18-12-10-13-5-1-3-7-15(13)19(18)22-21-17-11-9-14-6-2-4-8-16(14)20(17)27(24,25)26;;;/h1-12,23H,(H,24,25,26);;;. The summed E-state index contributed by atoms with van der Waals surface area (Å²) in [5.41, 5.74) is 0.214. The molecule has 0 unspecified atom stereocenters. The Kier molecular flexibility index (Phi) is 6.25. The van der Waals surface area contributed by atoms with Crippen LogP contribution in [0.5, 0.6) is 5.75 Å². The first-order chi connectivity index (χ1) is 12.9. The van der Waals surface area contributed by atoms with Gasteiger partial charge in [0.1, 0.15) is 22.0 Å². The monoisotopic (exact) mass is 518 g/mol. The van der Waals surface area contributed by atoms with Crippen molar-refractivity contribution in [2.24, 2.45) is 10.2 Å². The minimum absolute atomic E-state index is 0. The maximum atomic E-state index is 12.0. The second-order valence-electron chi connectivity index (χ2n) is 5.96. The Morgan fingerprint density at radius 2 is 1.29 bits per heavy atom. The molecular weight excluding hydrogens is 502 g/mol. The van der Waals surface area contributed by atoms with Crippen LogP contribution in [0.15, 0.2) is 87.9 Å². The number of aromatic hydroxyl groups is 1. The Hall–Kier alpha value is -1.72. The number of hydrogen-bond donors (Lipinski definition) is 2. The zero-order chi connectivity index (χ0) is 19.0. The fourth-order valence-corrected chi connectivity index (χ4v) is 3.87. The molecule has 0 aliphatic heterocycles. The molecule has 0 saturated heterocycles. The molecule has 2 N–H and O–H groups in total. The topological polar surface area (TPSA) is 99.3 Å².